The molecule has 3 aromatic rings. The summed E-state index contributed by atoms with van der Waals surface area (Å²) in [6, 6.07) is 17.8. The van der Waals surface area contributed by atoms with Gasteiger partial charge in [-0.1, -0.05) is 30.3 Å². The molecular formula is C21H17N2O5-. The van der Waals surface area contributed by atoms with Crippen LogP contribution in [0.25, 0.3) is 0 Å². The van der Waals surface area contributed by atoms with Crippen molar-refractivity contribution < 1.29 is 23.8 Å². The number of furan rings is 1. The maximum atomic E-state index is 13.2. The highest BCUT2D eigenvalue weighted by molar-refractivity contribution is 6.01. The number of para-hydroxylation sites is 2. The number of carbonyl (C=O) groups is 2. The average molecular weight is 377 g/mol. The van der Waals surface area contributed by atoms with Gasteiger partial charge < -0.3 is 29.3 Å². The fourth-order valence-corrected chi connectivity index (χ4v) is 3.25. The van der Waals surface area contributed by atoms with E-state index in [1.807, 2.05) is 12.1 Å². The molecule has 2 aromatic carbocycles. The van der Waals surface area contributed by atoms with Gasteiger partial charge in [-0.3, -0.25) is 4.79 Å². The van der Waals surface area contributed by atoms with Gasteiger partial charge in [0, 0.05) is 11.3 Å². The van der Waals surface area contributed by atoms with Crippen molar-refractivity contribution in [3.8, 4) is 5.75 Å². The summed E-state index contributed by atoms with van der Waals surface area (Å²) < 4.78 is 10.8. The van der Waals surface area contributed by atoms with Gasteiger partial charge >= 0.3 is 0 Å². The van der Waals surface area contributed by atoms with E-state index < -0.39 is 18.7 Å². The van der Waals surface area contributed by atoms with Crippen molar-refractivity contribution in [1.82, 2.24) is 4.90 Å². The monoisotopic (exact) mass is 377 g/mol. The zero-order valence-corrected chi connectivity index (χ0v) is 14.8. The third-order valence-corrected chi connectivity index (χ3v) is 4.49. The lowest BCUT2D eigenvalue weighted by Crippen LogP contribution is -2.42. The fraction of sp³-hybridized carbons (Fsp3) is 0.143. The minimum Gasteiger partial charge on any atom is -0.546 e. The summed E-state index contributed by atoms with van der Waals surface area (Å²) in [7, 11) is 0. The average Bonchev–Trinajstić information content (AvgIpc) is 3.22. The third kappa shape index (κ3) is 3.42. The van der Waals surface area contributed by atoms with Crippen LogP contribution in [0.4, 0.5) is 5.69 Å². The van der Waals surface area contributed by atoms with Crippen LogP contribution in [0.15, 0.2) is 71.3 Å². The first-order valence-electron chi connectivity index (χ1n) is 8.74. The van der Waals surface area contributed by atoms with Gasteiger partial charge in [0.1, 0.15) is 24.3 Å². The molecule has 2 heterocycles. The smallest absolute Gasteiger partial charge is 0.258 e. The van der Waals surface area contributed by atoms with Crippen LogP contribution in [-0.4, -0.2) is 23.4 Å². The van der Waals surface area contributed by atoms with Crippen LogP contribution in [0, 0.1) is 0 Å². The lowest BCUT2D eigenvalue weighted by molar-refractivity contribution is -0.307. The summed E-state index contributed by atoms with van der Waals surface area (Å²) in [5, 5.41) is 14.2. The van der Waals surface area contributed by atoms with Gasteiger partial charge in [0.2, 0.25) is 0 Å². The molecule has 0 saturated carbocycles. The Labute approximate surface area is 161 Å². The number of nitrogens with zero attached hydrogens (tertiary/aromatic N) is 1. The first-order valence-corrected chi connectivity index (χ1v) is 8.74. The molecule has 0 fully saturated rings. The predicted molar refractivity (Wildman–Crippen MR) is 98.3 cm³/mol. The molecule has 1 aromatic heterocycles. The molecule has 1 aliphatic rings. The normalized spacial score (nSPS) is 15.6. The van der Waals surface area contributed by atoms with Crippen LogP contribution in [0.3, 0.4) is 0 Å². The summed E-state index contributed by atoms with van der Waals surface area (Å²) >= 11 is 0. The lowest BCUT2D eigenvalue weighted by atomic mass is 10.0. The maximum Gasteiger partial charge on any atom is 0.258 e. The van der Waals surface area contributed by atoms with Crippen LogP contribution in [0.5, 0.6) is 5.75 Å². The van der Waals surface area contributed by atoms with Gasteiger partial charge in [0.05, 0.1) is 24.3 Å². The number of carbonyl (C=O) groups excluding carboxylic acids is 2. The maximum absolute atomic E-state index is 13.2. The molecule has 28 heavy (non-hydrogen) atoms. The van der Waals surface area contributed by atoms with Crippen molar-refractivity contribution in [3.05, 3.63) is 83.8 Å². The highest BCUT2D eigenvalue weighted by Gasteiger charge is 2.34. The lowest BCUT2D eigenvalue weighted by Gasteiger charge is -2.38. The highest BCUT2D eigenvalue weighted by atomic mass is 16.5. The Hall–Kier alpha value is -3.74. The van der Waals surface area contributed by atoms with Crippen molar-refractivity contribution in [2.75, 3.05) is 11.9 Å². The van der Waals surface area contributed by atoms with Crippen molar-refractivity contribution in [2.45, 2.75) is 12.7 Å². The molecule has 0 unspecified atom stereocenters. The Morgan fingerprint density at radius 3 is 2.68 bits per heavy atom. The van der Waals surface area contributed by atoms with Crippen molar-refractivity contribution >= 4 is 17.6 Å². The summed E-state index contributed by atoms with van der Waals surface area (Å²) in [6.45, 7) is -0.334. The number of amides is 1. The number of aliphatic carboxylic acids is 1. The Kier molecular flexibility index (Phi) is 4.72. The van der Waals surface area contributed by atoms with Gasteiger partial charge in [-0.15, -0.1) is 0 Å². The molecule has 1 amide bonds. The number of anilines is 1. The number of ether oxygens (including phenoxy) is 1. The predicted octanol–water partition coefficient (Wildman–Crippen LogP) is 2.17. The fourth-order valence-electron chi connectivity index (χ4n) is 3.25. The molecule has 0 bridgehead atoms. The van der Waals surface area contributed by atoms with Gasteiger partial charge in [-0.2, -0.15) is 0 Å². The van der Waals surface area contributed by atoms with Crippen LogP contribution in [0.2, 0.25) is 0 Å². The minimum absolute atomic E-state index is 0.162. The van der Waals surface area contributed by atoms with Crippen LogP contribution < -0.4 is 15.2 Å². The number of carboxylic acid groups (broad SMARTS) is 1. The summed E-state index contributed by atoms with van der Waals surface area (Å²) in [4.78, 5) is 25.7. The Balaban J connectivity index is 1.75. The van der Waals surface area contributed by atoms with Crippen molar-refractivity contribution in [3.63, 3.8) is 0 Å². The topological polar surface area (TPSA) is 94.8 Å². The number of fused-ring (bicyclic) bond motifs is 1. The van der Waals surface area contributed by atoms with Gasteiger partial charge in [0.25, 0.3) is 5.91 Å². The molecule has 142 valence electrons. The number of hydrogen-bond donors (Lipinski definition) is 1. The summed E-state index contributed by atoms with van der Waals surface area (Å²) in [5.41, 5.74) is 1.89. The molecule has 0 aliphatic carbocycles. The quantitative estimate of drug-likeness (QED) is 0.707. The van der Waals surface area contributed by atoms with Crippen LogP contribution in [-0.2, 0) is 11.3 Å². The number of carboxylic acids is 1. The molecule has 0 saturated heterocycles. The second-order valence-corrected chi connectivity index (χ2v) is 6.30. The zero-order valence-electron chi connectivity index (χ0n) is 14.8. The molecule has 0 radical (unpaired) electrons. The van der Waals surface area contributed by atoms with Gasteiger partial charge in [-0.25, -0.2) is 0 Å². The van der Waals surface area contributed by atoms with Crippen molar-refractivity contribution in [1.29, 1.82) is 0 Å². The van der Waals surface area contributed by atoms with E-state index in [1.165, 1.54) is 0 Å². The molecular weight excluding hydrogens is 360 g/mol. The zero-order chi connectivity index (χ0) is 19.5. The van der Waals surface area contributed by atoms with E-state index in [4.69, 9.17) is 9.15 Å². The second-order valence-electron chi connectivity index (χ2n) is 6.30. The first-order chi connectivity index (χ1) is 13.6. The number of benzene rings is 2. The Morgan fingerprint density at radius 1 is 1.11 bits per heavy atom. The Morgan fingerprint density at radius 2 is 1.89 bits per heavy atom. The van der Waals surface area contributed by atoms with E-state index in [0.717, 1.165) is 0 Å². The molecule has 0 spiro atoms. The SMILES string of the molecule is O=C([O-])COc1ccccc1[C@H]1Nc2ccccc2C(=O)N1Cc1ccco1. The molecule has 7 heteroatoms. The van der Waals surface area contributed by atoms with Gasteiger partial charge in [0.15, 0.2) is 0 Å². The van der Waals surface area contributed by atoms with Gasteiger partial charge in [-0.05, 0) is 30.3 Å². The minimum atomic E-state index is -1.32. The summed E-state index contributed by atoms with van der Waals surface area (Å²) in [6.07, 6.45) is 0.988. The number of rotatable bonds is 6. The second kappa shape index (κ2) is 7.48. The number of nitrogens with one attached hydrogen (secondary N) is 1. The molecule has 1 aliphatic heterocycles. The molecule has 4 rings (SSSR count). The summed E-state index contributed by atoms with van der Waals surface area (Å²) in [5.74, 6) is -0.487. The highest BCUT2D eigenvalue weighted by Crippen LogP contribution is 2.37. The van der Waals surface area contributed by atoms with Crippen LogP contribution >= 0.6 is 0 Å². The molecule has 1 N–H and O–H groups in total. The van der Waals surface area contributed by atoms with E-state index in [0.29, 0.717) is 28.3 Å². The van der Waals surface area contributed by atoms with Crippen LogP contribution in [0.1, 0.15) is 27.8 Å². The first kappa shape index (κ1) is 17.7. The third-order valence-electron chi connectivity index (χ3n) is 4.49. The van der Waals surface area contributed by atoms with E-state index in [2.05, 4.69) is 5.32 Å². The van der Waals surface area contributed by atoms with E-state index in [9.17, 15) is 14.7 Å². The van der Waals surface area contributed by atoms with E-state index in [1.54, 1.807) is 59.7 Å². The van der Waals surface area contributed by atoms with E-state index in [-0.39, 0.29) is 12.5 Å². The molecule has 7 nitrogen and oxygen atoms in total. The Bertz CT molecular complexity index is 1000. The van der Waals surface area contributed by atoms with E-state index >= 15 is 0 Å². The van der Waals surface area contributed by atoms with Crippen molar-refractivity contribution in [2.24, 2.45) is 0 Å². The molecule has 1 atom stereocenters. The number of hydrogen-bond acceptors (Lipinski definition) is 6. The largest absolute Gasteiger partial charge is 0.546 e. The standard InChI is InChI=1S/C21H18N2O5/c24-19(25)13-28-18-10-4-2-8-16(18)20-22-17-9-3-1-7-15(17)21(26)23(20)12-14-6-5-11-27-14/h1-11,20,22H,12-13H2,(H,24,25)/p-1/t20-/m0/s1.